The molecule has 0 saturated heterocycles. The minimum absolute atomic E-state index is 0.238. The maximum Gasteiger partial charge on any atom is 0.251 e. The number of amides is 1. The molecule has 0 spiro atoms. The number of nitrogens with two attached hydrogens (primary N) is 1. The van der Waals surface area contributed by atoms with Crippen molar-refractivity contribution in [1.82, 2.24) is 5.32 Å². The van der Waals surface area contributed by atoms with E-state index in [9.17, 15) is 4.79 Å². The number of halogens is 2. The van der Waals surface area contributed by atoms with Crippen LogP contribution in [0.5, 0.6) is 0 Å². The summed E-state index contributed by atoms with van der Waals surface area (Å²) in [5.74, 6) is -0.238. The number of nitrogens with one attached hydrogen (secondary N) is 1. The summed E-state index contributed by atoms with van der Waals surface area (Å²) in [4.78, 5) is 12.4. The van der Waals surface area contributed by atoms with Crippen LogP contribution < -0.4 is 11.1 Å². The lowest BCUT2D eigenvalue weighted by Crippen LogP contribution is -2.22. The highest BCUT2D eigenvalue weighted by Crippen LogP contribution is 2.19. The van der Waals surface area contributed by atoms with Crippen molar-refractivity contribution in [2.45, 2.75) is 6.54 Å². The van der Waals surface area contributed by atoms with Gasteiger partial charge in [-0.15, -0.1) is 0 Å². The molecule has 21 heavy (non-hydrogen) atoms. The maximum absolute atomic E-state index is 12.0. The Kier molecular flexibility index (Phi) is 5.17. The summed E-state index contributed by atoms with van der Waals surface area (Å²) in [6.07, 6.45) is 0. The van der Waals surface area contributed by atoms with Gasteiger partial charge in [0, 0.05) is 27.7 Å². The van der Waals surface area contributed by atoms with Gasteiger partial charge in [0.15, 0.2) is 0 Å². The van der Waals surface area contributed by atoms with E-state index in [2.05, 4.69) is 5.32 Å². The van der Waals surface area contributed by atoms with Gasteiger partial charge in [-0.3, -0.25) is 4.79 Å². The van der Waals surface area contributed by atoms with Crippen LogP contribution in [-0.4, -0.2) is 10.9 Å². The van der Waals surface area contributed by atoms with Crippen LogP contribution >= 0.6 is 35.4 Å². The highest BCUT2D eigenvalue weighted by molar-refractivity contribution is 7.80. The summed E-state index contributed by atoms with van der Waals surface area (Å²) >= 11 is 16.6. The van der Waals surface area contributed by atoms with Crippen LogP contribution in [-0.2, 0) is 6.54 Å². The molecule has 0 aromatic heterocycles. The van der Waals surface area contributed by atoms with Crippen molar-refractivity contribution in [2.75, 3.05) is 0 Å². The Morgan fingerprint density at radius 3 is 2.14 bits per heavy atom. The first-order valence-electron chi connectivity index (χ1n) is 6.09. The molecule has 3 nitrogen and oxygen atoms in total. The smallest absolute Gasteiger partial charge is 0.251 e. The van der Waals surface area contributed by atoms with Gasteiger partial charge in [0.1, 0.15) is 4.99 Å². The standard InChI is InChI=1S/C15H12Cl2N2OS/c16-12-5-11(6-13(17)7-12)15(20)19-8-9-1-3-10(4-2-9)14(18)21/h1-7H,8H2,(H2,18,21)(H,19,20). The molecule has 2 aromatic rings. The van der Waals surface area contributed by atoms with Gasteiger partial charge < -0.3 is 11.1 Å². The molecule has 1 amide bonds. The molecule has 0 atom stereocenters. The van der Waals surface area contributed by atoms with Crippen LogP contribution in [0.25, 0.3) is 0 Å². The second-order valence-electron chi connectivity index (χ2n) is 4.40. The Balaban J connectivity index is 2.02. The average Bonchev–Trinajstić information content (AvgIpc) is 2.44. The van der Waals surface area contributed by atoms with Gasteiger partial charge in [-0.05, 0) is 23.8 Å². The number of rotatable bonds is 4. The van der Waals surface area contributed by atoms with Gasteiger partial charge >= 0.3 is 0 Å². The Bertz CT molecular complexity index is 666. The fourth-order valence-corrected chi connectivity index (χ4v) is 2.42. The molecule has 0 bridgehead atoms. The zero-order valence-electron chi connectivity index (χ0n) is 10.9. The molecule has 3 N–H and O–H groups in total. The SMILES string of the molecule is NC(=S)c1ccc(CNC(=O)c2cc(Cl)cc(Cl)c2)cc1. The van der Waals surface area contributed by atoms with Gasteiger partial charge in [-0.1, -0.05) is 59.7 Å². The van der Waals surface area contributed by atoms with E-state index in [0.717, 1.165) is 11.1 Å². The van der Waals surface area contributed by atoms with Gasteiger partial charge in [-0.25, -0.2) is 0 Å². The number of thiocarbonyl (C=S) groups is 1. The summed E-state index contributed by atoms with van der Waals surface area (Å²) in [5, 5.41) is 3.65. The van der Waals surface area contributed by atoms with E-state index in [1.165, 1.54) is 0 Å². The van der Waals surface area contributed by atoms with Crippen LogP contribution in [0, 0.1) is 0 Å². The fourth-order valence-electron chi connectivity index (χ4n) is 1.76. The van der Waals surface area contributed by atoms with Gasteiger partial charge in [-0.2, -0.15) is 0 Å². The number of benzene rings is 2. The maximum atomic E-state index is 12.0. The van der Waals surface area contributed by atoms with Gasteiger partial charge in [0.2, 0.25) is 0 Å². The first kappa shape index (κ1) is 15.8. The van der Waals surface area contributed by atoms with E-state index in [-0.39, 0.29) is 5.91 Å². The van der Waals surface area contributed by atoms with Crippen LogP contribution in [0.3, 0.4) is 0 Å². The Morgan fingerprint density at radius 1 is 1.05 bits per heavy atom. The minimum atomic E-state index is -0.238. The quantitative estimate of drug-likeness (QED) is 0.838. The molecule has 0 unspecified atom stereocenters. The fraction of sp³-hybridized carbons (Fsp3) is 0.0667. The Morgan fingerprint density at radius 2 is 1.62 bits per heavy atom. The van der Waals surface area contributed by atoms with Crippen molar-refractivity contribution < 1.29 is 4.79 Å². The molecular formula is C15H12Cl2N2OS. The third-order valence-electron chi connectivity index (χ3n) is 2.82. The molecular weight excluding hydrogens is 327 g/mol. The molecule has 0 aliphatic heterocycles. The van der Waals surface area contributed by atoms with Gasteiger partial charge in [0.05, 0.1) is 0 Å². The second-order valence-corrected chi connectivity index (χ2v) is 5.71. The molecule has 0 saturated carbocycles. The van der Waals surface area contributed by atoms with E-state index < -0.39 is 0 Å². The van der Waals surface area contributed by atoms with E-state index in [0.29, 0.717) is 27.1 Å². The topological polar surface area (TPSA) is 55.1 Å². The average molecular weight is 339 g/mol. The van der Waals surface area contributed by atoms with Crippen molar-refractivity contribution in [2.24, 2.45) is 5.73 Å². The zero-order valence-corrected chi connectivity index (χ0v) is 13.2. The van der Waals surface area contributed by atoms with E-state index in [1.54, 1.807) is 18.2 Å². The minimum Gasteiger partial charge on any atom is -0.389 e. The third kappa shape index (κ3) is 4.43. The van der Waals surface area contributed by atoms with E-state index in [4.69, 9.17) is 41.2 Å². The normalized spacial score (nSPS) is 10.2. The molecule has 2 rings (SSSR count). The lowest BCUT2D eigenvalue weighted by atomic mass is 10.1. The lowest BCUT2D eigenvalue weighted by molar-refractivity contribution is 0.0951. The van der Waals surface area contributed by atoms with Crippen LogP contribution in [0.2, 0.25) is 10.0 Å². The highest BCUT2D eigenvalue weighted by Gasteiger charge is 2.07. The number of carbonyl (C=O) groups excluding carboxylic acids is 1. The molecule has 108 valence electrons. The highest BCUT2D eigenvalue weighted by atomic mass is 35.5. The summed E-state index contributed by atoms with van der Waals surface area (Å²) in [7, 11) is 0. The lowest BCUT2D eigenvalue weighted by Gasteiger charge is -2.07. The van der Waals surface area contributed by atoms with E-state index >= 15 is 0 Å². The predicted octanol–water partition coefficient (Wildman–Crippen LogP) is 3.56. The summed E-state index contributed by atoms with van der Waals surface area (Å²) in [6.45, 7) is 0.389. The Labute approximate surface area is 138 Å². The molecule has 0 radical (unpaired) electrons. The molecule has 0 heterocycles. The largest absolute Gasteiger partial charge is 0.389 e. The summed E-state index contributed by atoms with van der Waals surface area (Å²) in [5.41, 5.74) is 7.68. The molecule has 2 aromatic carbocycles. The first-order valence-corrected chi connectivity index (χ1v) is 7.25. The summed E-state index contributed by atoms with van der Waals surface area (Å²) in [6, 6.07) is 12.1. The molecule has 0 fully saturated rings. The predicted molar refractivity (Wildman–Crippen MR) is 90.0 cm³/mol. The zero-order chi connectivity index (χ0) is 15.4. The number of hydrogen-bond acceptors (Lipinski definition) is 2. The Hall–Kier alpha value is -1.62. The third-order valence-corrected chi connectivity index (χ3v) is 3.49. The van der Waals surface area contributed by atoms with Crippen molar-refractivity contribution in [3.05, 3.63) is 69.2 Å². The van der Waals surface area contributed by atoms with Gasteiger partial charge in [0.25, 0.3) is 5.91 Å². The molecule has 0 aliphatic rings. The first-order chi connectivity index (χ1) is 9.95. The van der Waals surface area contributed by atoms with Crippen molar-refractivity contribution in [3.8, 4) is 0 Å². The van der Waals surface area contributed by atoms with Crippen LogP contribution in [0.4, 0.5) is 0 Å². The van der Waals surface area contributed by atoms with Crippen molar-refractivity contribution in [1.29, 1.82) is 0 Å². The molecule has 0 aliphatic carbocycles. The summed E-state index contributed by atoms with van der Waals surface area (Å²) < 4.78 is 0. The number of carbonyl (C=O) groups is 1. The molecule has 6 heteroatoms. The van der Waals surface area contributed by atoms with E-state index in [1.807, 2.05) is 24.3 Å². The second kappa shape index (κ2) is 6.89. The monoisotopic (exact) mass is 338 g/mol. The van der Waals surface area contributed by atoms with Crippen molar-refractivity contribution >= 4 is 46.3 Å². The van der Waals surface area contributed by atoms with Crippen LogP contribution in [0.15, 0.2) is 42.5 Å². The number of hydrogen-bond donors (Lipinski definition) is 2. The van der Waals surface area contributed by atoms with Crippen LogP contribution in [0.1, 0.15) is 21.5 Å². The van der Waals surface area contributed by atoms with Crippen molar-refractivity contribution in [3.63, 3.8) is 0 Å².